The van der Waals surface area contributed by atoms with Crippen molar-refractivity contribution in [2.75, 3.05) is 18.5 Å². The monoisotopic (exact) mass is 238 g/mol. The van der Waals surface area contributed by atoms with Crippen LogP contribution >= 0.6 is 0 Å². The van der Waals surface area contributed by atoms with Gasteiger partial charge in [0.1, 0.15) is 5.82 Å². The summed E-state index contributed by atoms with van der Waals surface area (Å²) in [7, 11) is 1.89. The number of rotatable bonds is 4. The number of nitrogens with two attached hydrogens (primary N) is 1. The molecule has 1 rings (SSSR count). The third-order valence-corrected chi connectivity index (χ3v) is 3.64. The minimum Gasteiger partial charge on any atom is -0.372 e. The molecule has 2 nitrogen and oxygen atoms in total. The third kappa shape index (κ3) is 3.19. The summed E-state index contributed by atoms with van der Waals surface area (Å²) in [5, 5.41) is 0. The molecule has 0 saturated carbocycles. The standard InChI is InChI=1S/C14H23FN2/c1-13(2,14(3,4)16)10-17(5)12-9-7-6-8-11(12)15/h6-9H,10,16H2,1-5H3. The Hall–Kier alpha value is -1.09. The molecule has 2 N–H and O–H groups in total. The van der Waals surface area contributed by atoms with Crippen molar-refractivity contribution < 1.29 is 4.39 Å². The smallest absolute Gasteiger partial charge is 0.146 e. The van der Waals surface area contributed by atoms with Crippen LogP contribution in [0.1, 0.15) is 27.7 Å². The topological polar surface area (TPSA) is 29.3 Å². The highest BCUT2D eigenvalue weighted by molar-refractivity contribution is 5.47. The van der Waals surface area contributed by atoms with E-state index in [0.717, 1.165) is 0 Å². The van der Waals surface area contributed by atoms with Gasteiger partial charge in [-0.3, -0.25) is 0 Å². The molecule has 0 amide bonds. The summed E-state index contributed by atoms with van der Waals surface area (Å²) in [6.45, 7) is 8.91. The molecule has 0 aliphatic carbocycles. The maximum atomic E-state index is 13.6. The lowest BCUT2D eigenvalue weighted by molar-refractivity contribution is 0.209. The summed E-state index contributed by atoms with van der Waals surface area (Å²) in [6.07, 6.45) is 0. The molecule has 0 spiro atoms. The molecule has 17 heavy (non-hydrogen) atoms. The van der Waals surface area contributed by atoms with E-state index in [-0.39, 0.29) is 16.8 Å². The maximum absolute atomic E-state index is 13.6. The number of nitrogens with zero attached hydrogens (tertiary/aromatic N) is 1. The molecule has 0 fully saturated rings. The number of hydrogen-bond donors (Lipinski definition) is 1. The highest BCUT2D eigenvalue weighted by Crippen LogP contribution is 2.31. The van der Waals surface area contributed by atoms with Crippen molar-refractivity contribution in [1.29, 1.82) is 0 Å². The zero-order chi connectivity index (χ0) is 13.3. The van der Waals surface area contributed by atoms with E-state index in [9.17, 15) is 4.39 Å². The number of halogens is 1. The fourth-order valence-electron chi connectivity index (χ4n) is 1.64. The molecule has 1 aromatic carbocycles. The van der Waals surface area contributed by atoms with Crippen LogP contribution in [0, 0.1) is 11.2 Å². The third-order valence-electron chi connectivity index (χ3n) is 3.64. The van der Waals surface area contributed by atoms with Crippen molar-refractivity contribution >= 4 is 5.69 Å². The summed E-state index contributed by atoms with van der Waals surface area (Å²) in [4.78, 5) is 1.92. The van der Waals surface area contributed by atoms with Gasteiger partial charge in [-0.25, -0.2) is 4.39 Å². The normalized spacial score (nSPS) is 12.6. The summed E-state index contributed by atoms with van der Waals surface area (Å²) < 4.78 is 13.6. The van der Waals surface area contributed by atoms with E-state index in [1.54, 1.807) is 12.1 Å². The van der Waals surface area contributed by atoms with E-state index in [1.165, 1.54) is 6.07 Å². The van der Waals surface area contributed by atoms with Crippen molar-refractivity contribution in [2.24, 2.45) is 11.1 Å². The molecule has 0 aliphatic rings. The fraction of sp³-hybridized carbons (Fsp3) is 0.571. The Bertz CT molecular complexity index is 380. The van der Waals surface area contributed by atoms with Crippen LogP contribution in [0.4, 0.5) is 10.1 Å². The Morgan fingerprint density at radius 2 is 1.71 bits per heavy atom. The van der Waals surface area contributed by atoms with Gasteiger partial charge in [-0.2, -0.15) is 0 Å². The Morgan fingerprint density at radius 3 is 2.18 bits per heavy atom. The minimum absolute atomic E-state index is 0.107. The van der Waals surface area contributed by atoms with Crippen LogP contribution in [0.15, 0.2) is 24.3 Å². The lowest BCUT2D eigenvalue weighted by atomic mass is 9.75. The van der Waals surface area contributed by atoms with Gasteiger partial charge >= 0.3 is 0 Å². The van der Waals surface area contributed by atoms with Crippen LogP contribution in [0.2, 0.25) is 0 Å². The zero-order valence-electron chi connectivity index (χ0n) is 11.4. The summed E-state index contributed by atoms with van der Waals surface area (Å²) >= 11 is 0. The molecular weight excluding hydrogens is 215 g/mol. The second-order valence-corrected chi connectivity index (χ2v) is 5.91. The van der Waals surface area contributed by atoms with Crippen molar-refractivity contribution in [1.82, 2.24) is 0 Å². The number of para-hydroxylation sites is 1. The van der Waals surface area contributed by atoms with Gasteiger partial charge in [0, 0.05) is 19.1 Å². The van der Waals surface area contributed by atoms with Gasteiger partial charge in [0.2, 0.25) is 0 Å². The van der Waals surface area contributed by atoms with Gasteiger partial charge in [-0.1, -0.05) is 26.0 Å². The average Bonchev–Trinajstić information content (AvgIpc) is 2.15. The fourth-order valence-corrected chi connectivity index (χ4v) is 1.64. The van der Waals surface area contributed by atoms with Crippen molar-refractivity contribution in [3.8, 4) is 0 Å². The largest absolute Gasteiger partial charge is 0.372 e. The SMILES string of the molecule is CN(CC(C)(C)C(C)(C)N)c1ccccc1F. The zero-order valence-corrected chi connectivity index (χ0v) is 11.4. The number of hydrogen-bond acceptors (Lipinski definition) is 2. The lowest BCUT2D eigenvalue weighted by Crippen LogP contribution is -2.52. The molecule has 0 radical (unpaired) electrons. The van der Waals surface area contributed by atoms with Crippen molar-refractivity contribution in [3.63, 3.8) is 0 Å². The average molecular weight is 238 g/mol. The summed E-state index contributed by atoms with van der Waals surface area (Å²) in [6, 6.07) is 6.81. The van der Waals surface area contributed by atoms with E-state index in [2.05, 4.69) is 13.8 Å². The van der Waals surface area contributed by atoms with Crippen LogP contribution in [0.25, 0.3) is 0 Å². The molecule has 0 aliphatic heterocycles. The first-order chi connectivity index (χ1) is 7.65. The lowest BCUT2D eigenvalue weighted by Gasteiger charge is -2.41. The van der Waals surface area contributed by atoms with Gasteiger partial charge in [-0.15, -0.1) is 0 Å². The summed E-state index contributed by atoms with van der Waals surface area (Å²) in [5.74, 6) is -0.194. The molecule has 0 bridgehead atoms. The van der Waals surface area contributed by atoms with E-state index < -0.39 is 0 Å². The quantitative estimate of drug-likeness (QED) is 0.873. The number of anilines is 1. The van der Waals surface area contributed by atoms with Crippen molar-refractivity contribution in [3.05, 3.63) is 30.1 Å². The van der Waals surface area contributed by atoms with E-state index >= 15 is 0 Å². The van der Waals surface area contributed by atoms with Gasteiger partial charge in [0.15, 0.2) is 0 Å². The van der Waals surface area contributed by atoms with Crippen molar-refractivity contribution in [2.45, 2.75) is 33.2 Å². The van der Waals surface area contributed by atoms with Crippen LogP contribution in [-0.2, 0) is 0 Å². The van der Waals surface area contributed by atoms with Crippen LogP contribution in [0.3, 0.4) is 0 Å². The van der Waals surface area contributed by atoms with E-state index in [1.807, 2.05) is 31.9 Å². The molecular formula is C14H23FN2. The highest BCUT2D eigenvalue weighted by atomic mass is 19.1. The molecule has 96 valence electrons. The highest BCUT2D eigenvalue weighted by Gasteiger charge is 2.34. The van der Waals surface area contributed by atoms with Gasteiger partial charge in [0.05, 0.1) is 5.69 Å². The first-order valence-corrected chi connectivity index (χ1v) is 5.90. The molecule has 0 atom stereocenters. The molecule has 0 aromatic heterocycles. The summed E-state index contributed by atoms with van der Waals surface area (Å²) in [5.41, 5.74) is 6.35. The maximum Gasteiger partial charge on any atom is 0.146 e. The molecule has 0 saturated heterocycles. The van der Waals surface area contributed by atoms with Crippen LogP contribution in [-0.4, -0.2) is 19.1 Å². The molecule has 3 heteroatoms. The van der Waals surface area contributed by atoms with Crippen LogP contribution < -0.4 is 10.6 Å². The Morgan fingerprint density at radius 1 is 1.18 bits per heavy atom. The molecule has 0 unspecified atom stereocenters. The predicted molar refractivity (Wildman–Crippen MR) is 71.7 cm³/mol. The Labute approximate surface area is 104 Å². The van der Waals surface area contributed by atoms with Gasteiger partial charge in [-0.05, 0) is 31.4 Å². The predicted octanol–water partition coefficient (Wildman–Crippen LogP) is 3.03. The molecule has 0 heterocycles. The molecule has 1 aromatic rings. The first kappa shape index (κ1) is 14.0. The van der Waals surface area contributed by atoms with Crippen LogP contribution in [0.5, 0.6) is 0 Å². The Kier molecular flexibility index (Phi) is 3.82. The minimum atomic E-state index is -0.313. The Balaban J connectivity index is 2.87. The van der Waals surface area contributed by atoms with E-state index in [4.69, 9.17) is 5.73 Å². The second-order valence-electron chi connectivity index (χ2n) is 5.91. The van der Waals surface area contributed by atoms with E-state index in [0.29, 0.717) is 12.2 Å². The van der Waals surface area contributed by atoms with Gasteiger partial charge in [0.25, 0.3) is 0 Å². The first-order valence-electron chi connectivity index (χ1n) is 5.90. The number of benzene rings is 1. The van der Waals surface area contributed by atoms with Gasteiger partial charge < -0.3 is 10.6 Å². The second kappa shape index (κ2) is 4.65.